The van der Waals surface area contributed by atoms with Gasteiger partial charge in [-0.25, -0.2) is 8.42 Å². The Kier molecular flexibility index (Phi) is 8.07. The third-order valence-electron chi connectivity index (χ3n) is 4.56. The van der Waals surface area contributed by atoms with E-state index in [-0.39, 0.29) is 30.2 Å². The number of amides is 2. The fourth-order valence-corrected chi connectivity index (χ4v) is 4.15. The molecule has 1 aromatic carbocycles. The SMILES string of the molecule is NCCCC[C@H](NC(=O)c1ccc(OC(F)(F)F)cc1)C(=O)N1CCS(=O)(=O)CC1. The minimum Gasteiger partial charge on any atom is -0.406 e. The molecule has 0 unspecified atom stereocenters. The van der Waals surface area contributed by atoms with Crippen LogP contribution in [0.25, 0.3) is 0 Å². The number of carbonyl (C=O) groups excluding carboxylic acids is 2. The molecule has 2 rings (SSSR count). The van der Waals surface area contributed by atoms with Crippen LogP contribution in [-0.2, 0) is 14.6 Å². The monoisotopic (exact) mass is 451 g/mol. The van der Waals surface area contributed by atoms with Gasteiger partial charge in [0.1, 0.15) is 11.8 Å². The molecule has 3 N–H and O–H groups in total. The van der Waals surface area contributed by atoms with Gasteiger partial charge in [0, 0.05) is 18.7 Å². The summed E-state index contributed by atoms with van der Waals surface area (Å²) in [6.07, 6.45) is -3.33. The van der Waals surface area contributed by atoms with Crippen molar-refractivity contribution in [1.82, 2.24) is 10.2 Å². The number of rotatable bonds is 8. The third-order valence-corrected chi connectivity index (χ3v) is 6.17. The number of unbranched alkanes of at least 4 members (excludes halogenated alkanes) is 1. The average Bonchev–Trinajstić information content (AvgIpc) is 2.66. The zero-order chi connectivity index (χ0) is 22.4. The fourth-order valence-electron chi connectivity index (χ4n) is 2.95. The highest BCUT2D eigenvalue weighted by Gasteiger charge is 2.32. The Morgan fingerprint density at radius 1 is 1.13 bits per heavy atom. The molecule has 1 aliphatic rings. The van der Waals surface area contributed by atoms with Crippen LogP contribution in [0.15, 0.2) is 24.3 Å². The van der Waals surface area contributed by atoms with Crippen LogP contribution in [0.1, 0.15) is 29.6 Å². The molecule has 0 aliphatic carbocycles. The lowest BCUT2D eigenvalue weighted by Gasteiger charge is -2.30. The van der Waals surface area contributed by atoms with Gasteiger partial charge in [0.05, 0.1) is 11.5 Å². The number of hydrogen-bond donors (Lipinski definition) is 2. The molecule has 8 nitrogen and oxygen atoms in total. The molecule has 168 valence electrons. The van der Waals surface area contributed by atoms with Crippen LogP contribution in [0, 0.1) is 0 Å². The van der Waals surface area contributed by atoms with Gasteiger partial charge in [-0.3, -0.25) is 9.59 Å². The molecule has 0 spiro atoms. The number of nitrogens with one attached hydrogen (secondary N) is 1. The van der Waals surface area contributed by atoms with Gasteiger partial charge in [0.15, 0.2) is 9.84 Å². The van der Waals surface area contributed by atoms with Gasteiger partial charge in [-0.1, -0.05) is 0 Å². The number of hydrogen-bond acceptors (Lipinski definition) is 6. The molecule has 12 heteroatoms. The number of ether oxygens (including phenoxy) is 1. The van der Waals surface area contributed by atoms with Crippen LogP contribution in [-0.4, -0.2) is 68.7 Å². The predicted octanol–water partition coefficient (Wildman–Crippen LogP) is 1.07. The van der Waals surface area contributed by atoms with E-state index in [1.165, 1.54) is 4.90 Å². The lowest BCUT2D eigenvalue weighted by Crippen LogP contribution is -2.52. The van der Waals surface area contributed by atoms with Crippen molar-refractivity contribution in [2.75, 3.05) is 31.1 Å². The van der Waals surface area contributed by atoms with E-state index in [9.17, 15) is 31.2 Å². The summed E-state index contributed by atoms with van der Waals surface area (Å²) in [5, 5.41) is 2.59. The van der Waals surface area contributed by atoms with Crippen molar-refractivity contribution < 1.29 is 35.9 Å². The third kappa shape index (κ3) is 7.48. The number of nitrogens with zero attached hydrogens (tertiary/aromatic N) is 1. The lowest BCUT2D eigenvalue weighted by atomic mass is 10.1. The smallest absolute Gasteiger partial charge is 0.406 e. The predicted molar refractivity (Wildman–Crippen MR) is 103 cm³/mol. The molecular weight excluding hydrogens is 427 g/mol. The van der Waals surface area contributed by atoms with Crippen LogP contribution in [0.5, 0.6) is 5.75 Å². The maximum Gasteiger partial charge on any atom is 0.573 e. The van der Waals surface area contributed by atoms with E-state index in [2.05, 4.69) is 10.1 Å². The van der Waals surface area contributed by atoms with E-state index in [4.69, 9.17) is 5.73 Å². The summed E-state index contributed by atoms with van der Waals surface area (Å²) < 4.78 is 63.6. The Morgan fingerprint density at radius 2 is 1.73 bits per heavy atom. The molecule has 1 saturated heterocycles. The molecule has 0 aromatic heterocycles. The summed E-state index contributed by atoms with van der Waals surface area (Å²) in [5.74, 6) is -1.77. The highest BCUT2D eigenvalue weighted by Crippen LogP contribution is 2.22. The van der Waals surface area contributed by atoms with E-state index in [0.29, 0.717) is 25.8 Å². The summed E-state index contributed by atoms with van der Waals surface area (Å²) in [6.45, 7) is 0.513. The Morgan fingerprint density at radius 3 is 2.27 bits per heavy atom. The molecule has 1 heterocycles. The number of halogens is 3. The molecule has 1 atom stereocenters. The molecule has 1 aliphatic heterocycles. The second-order valence-corrected chi connectivity index (χ2v) is 9.16. The first-order valence-electron chi connectivity index (χ1n) is 9.37. The van der Waals surface area contributed by atoms with Crippen molar-refractivity contribution in [2.45, 2.75) is 31.7 Å². The molecule has 2 amide bonds. The normalized spacial score (nSPS) is 17.3. The maximum absolute atomic E-state index is 12.8. The van der Waals surface area contributed by atoms with Gasteiger partial charge in [0.2, 0.25) is 5.91 Å². The van der Waals surface area contributed by atoms with Crippen molar-refractivity contribution in [3.8, 4) is 5.75 Å². The highest BCUT2D eigenvalue weighted by molar-refractivity contribution is 7.91. The van der Waals surface area contributed by atoms with E-state index in [0.717, 1.165) is 24.3 Å². The molecule has 1 fully saturated rings. The van der Waals surface area contributed by atoms with Gasteiger partial charge >= 0.3 is 6.36 Å². The van der Waals surface area contributed by atoms with Crippen LogP contribution < -0.4 is 15.8 Å². The molecule has 1 aromatic rings. The summed E-state index contributed by atoms with van der Waals surface area (Å²) in [5.41, 5.74) is 5.53. The van der Waals surface area contributed by atoms with Gasteiger partial charge in [-0.2, -0.15) is 0 Å². The van der Waals surface area contributed by atoms with Crippen LogP contribution >= 0.6 is 0 Å². The van der Waals surface area contributed by atoms with Gasteiger partial charge < -0.3 is 20.7 Å². The number of sulfone groups is 1. The highest BCUT2D eigenvalue weighted by atomic mass is 32.2. The number of benzene rings is 1. The van der Waals surface area contributed by atoms with Crippen LogP contribution in [0.3, 0.4) is 0 Å². The molecule has 30 heavy (non-hydrogen) atoms. The van der Waals surface area contributed by atoms with Crippen LogP contribution in [0.2, 0.25) is 0 Å². The van der Waals surface area contributed by atoms with E-state index in [1.54, 1.807) is 0 Å². The quantitative estimate of drug-likeness (QED) is 0.571. The Labute approximate surface area is 172 Å². The second-order valence-electron chi connectivity index (χ2n) is 6.86. The number of nitrogens with two attached hydrogens (primary N) is 1. The van der Waals surface area contributed by atoms with E-state index >= 15 is 0 Å². The molecule has 0 bridgehead atoms. The zero-order valence-electron chi connectivity index (χ0n) is 16.2. The fraction of sp³-hybridized carbons (Fsp3) is 0.556. The van der Waals surface area contributed by atoms with E-state index in [1.807, 2.05) is 0 Å². The molecule has 0 saturated carbocycles. The minimum atomic E-state index is -4.84. The number of alkyl halides is 3. The van der Waals surface area contributed by atoms with Crippen molar-refractivity contribution in [1.29, 1.82) is 0 Å². The topological polar surface area (TPSA) is 119 Å². The van der Waals surface area contributed by atoms with Crippen LogP contribution in [0.4, 0.5) is 13.2 Å². The summed E-state index contributed by atoms with van der Waals surface area (Å²) in [7, 11) is -3.17. The standard InChI is InChI=1S/C18H24F3N3O5S/c19-18(20,21)29-14-6-4-13(5-7-14)16(25)23-15(3-1-2-8-22)17(26)24-9-11-30(27,28)12-10-24/h4-7,15H,1-3,8-12,22H2,(H,23,25)/t15-/m0/s1. The van der Waals surface area contributed by atoms with Crippen molar-refractivity contribution in [2.24, 2.45) is 5.73 Å². The van der Waals surface area contributed by atoms with Gasteiger partial charge in [-0.15, -0.1) is 13.2 Å². The summed E-state index contributed by atoms with van der Waals surface area (Å²) in [6, 6.07) is 3.43. The average molecular weight is 451 g/mol. The van der Waals surface area contributed by atoms with Gasteiger partial charge in [0.25, 0.3) is 5.91 Å². The van der Waals surface area contributed by atoms with Gasteiger partial charge in [-0.05, 0) is 50.1 Å². The van der Waals surface area contributed by atoms with E-state index < -0.39 is 39.8 Å². The van der Waals surface area contributed by atoms with Crippen molar-refractivity contribution in [3.63, 3.8) is 0 Å². The minimum absolute atomic E-state index is 0.0495. The maximum atomic E-state index is 12.8. The largest absolute Gasteiger partial charge is 0.573 e. The second kappa shape index (κ2) is 10.1. The van der Waals surface area contributed by atoms with Crippen molar-refractivity contribution >= 4 is 21.7 Å². The molecule has 0 radical (unpaired) electrons. The first-order chi connectivity index (χ1) is 14.0. The molecular formula is C18H24F3N3O5S. The van der Waals surface area contributed by atoms with Crippen molar-refractivity contribution in [3.05, 3.63) is 29.8 Å². The Bertz CT molecular complexity index is 830. The Balaban J connectivity index is 2.05. The zero-order valence-corrected chi connectivity index (χ0v) is 17.0. The first-order valence-corrected chi connectivity index (χ1v) is 11.2. The Hall–Kier alpha value is -2.34. The first kappa shape index (κ1) is 23.9. The number of carbonyl (C=O) groups is 2. The lowest BCUT2D eigenvalue weighted by molar-refractivity contribution is -0.274. The summed E-state index contributed by atoms with van der Waals surface area (Å²) in [4.78, 5) is 26.7. The summed E-state index contributed by atoms with van der Waals surface area (Å²) >= 11 is 0.